The van der Waals surface area contributed by atoms with Crippen molar-refractivity contribution in [3.63, 3.8) is 0 Å². The van der Waals surface area contributed by atoms with Crippen molar-refractivity contribution in [3.05, 3.63) is 88.1 Å². The van der Waals surface area contributed by atoms with Crippen LogP contribution in [0.5, 0.6) is 5.75 Å². The second-order valence-electron chi connectivity index (χ2n) is 8.92. The van der Waals surface area contributed by atoms with E-state index < -0.39 is 10.8 Å². The van der Waals surface area contributed by atoms with Gasteiger partial charge in [-0.25, -0.2) is 0 Å². The molecule has 0 saturated carbocycles. The van der Waals surface area contributed by atoms with E-state index in [1.807, 2.05) is 36.4 Å². The number of hydrogen-bond donors (Lipinski definition) is 1. The first-order valence-electron chi connectivity index (χ1n) is 10.9. The number of allylic oxidation sites excluding steroid dienone is 1. The first-order chi connectivity index (χ1) is 15.8. The molecule has 0 bridgehead atoms. The van der Waals surface area contributed by atoms with Gasteiger partial charge in [-0.3, -0.25) is 4.79 Å². The summed E-state index contributed by atoms with van der Waals surface area (Å²) in [6.45, 7) is 2.13. The summed E-state index contributed by atoms with van der Waals surface area (Å²) in [5.41, 5.74) is 8.83. The number of likely N-dealkylation sites (N-methyl/N-ethyl adjacent to an activating group) is 1. The number of methoxy groups -OCH3 is 1. The number of aryl methyl sites for hydroxylation is 1. The molecule has 0 radical (unpaired) electrons. The molecular formula is C27H25N3O2S. The Bertz CT molecular complexity index is 1350. The van der Waals surface area contributed by atoms with Crippen LogP contribution in [0.15, 0.2) is 66.5 Å². The van der Waals surface area contributed by atoms with E-state index in [9.17, 15) is 10.1 Å². The molecule has 1 unspecified atom stereocenters. The van der Waals surface area contributed by atoms with Crippen LogP contribution in [0.1, 0.15) is 34.9 Å². The molecule has 166 valence electrons. The smallest absolute Gasteiger partial charge is 0.239 e. The molecule has 5 nitrogen and oxygen atoms in total. The maximum absolute atomic E-state index is 14.0. The number of carbonyl (C=O) groups is 1. The zero-order chi connectivity index (χ0) is 23.4. The Hall–Kier alpha value is -3.56. The molecule has 1 aliphatic carbocycles. The minimum atomic E-state index is -0.747. The zero-order valence-corrected chi connectivity index (χ0v) is 19.7. The summed E-state index contributed by atoms with van der Waals surface area (Å²) in [6, 6.07) is 20.0. The number of thiophene rings is 1. The van der Waals surface area contributed by atoms with Gasteiger partial charge < -0.3 is 15.4 Å². The Morgan fingerprint density at radius 2 is 2.00 bits per heavy atom. The zero-order valence-electron chi connectivity index (χ0n) is 18.9. The van der Waals surface area contributed by atoms with Crippen LogP contribution in [0.2, 0.25) is 0 Å². The van der Waals surface area contributed by atoms with Crippen molar-refractivity contribution in [1.29, 1.82) is 5.26 Å². The molecule has 1 spiro atoms. The van der Waals surface area contributed by atoms with E-state index in [2.05, 4.69) is 31.2 Å². The Labute approximate surface area is 197 Å². The predicted octanol–water partition coefficient (Wildman–Crippen LogP) is 4.71. The number of hydrogen-bond acceptors (Lipinski definition) is 5. The second-order valence-corrected chi connectivity index (χ2v) is 10.0. The van der Waals surface area contributed by atoms with Crippen molar-refractivity contribution in [1.82, 2.24) is 4.90 Å². The highest BCUT2D eigenvalue weighted by Gasteiger charge is 2.61. The van der Waals surface area contributed by atoms with Gasteiger partial charge in [0.05, 0.1) is 24.2 Å². The third kappa shape index (κ3) is 2.93. The molecule has 33 heavy (non-hydrogen) atoms. The summed E-state index contributed by atoms with van der Waals surface area (Å²) in [5, 5.41) is 9.29. The molecule has 5 rings (SSSR count). The lowest BCUT2D eigenvalue weighted by Gasteiger charge is -2.49. The van der Waals surface area contributed by atoms with Crippen LogP contribution in [0.4, 0.5) is 0 Å². The summed E-state index contributed by atoms with van der Waals surface area (Å²) >= 11 is 1.65. The van der Waals surface area contributed by atoms with E-state index in [4.69, 9.17) is 10.5 Å². The van der Waals surface area contributed by atoms with Gasteiger partial charge in [0.2, 0.25) is 5.91 Å². The average Bonchev–Trinajstić information content (AvgIpc) is 3.48. The maximum atomic E-state index is 14.0. The van der Waals surface area contributed by atoms with Gasteiger partial charge in [-0.05, 0) is 78.9 Å². The maximum Gasteiger partial charge on any atom is 0.239 e. The SMILES string of the molecule is COc1ccc2c(c1)CCC21C(=O)N(C)C(N)=C[C@]1(C)c1ccc(-c2cccc(C#N)c2)s1. The molecule has 2 aliphatic rings. The monoisotopic (exact) mass is 455 g/mol. The summed E-state index contributed by atoms with van der Waals surface area (Å²) in [4.78, 5) is 17.7. The van der Waals surface area contributed by atoms with Crippen LogP contribution in [0.3, 0.4) is 0 Å². The lowest BCUT2D eigenvalue weighted by molar-refractivity contribution is -0.137. The summed E-state index contributed by atoms with van der Waals surface area (Å²) < 4.78 is 5.44. The van der Waals surface area contributed by atoms with Crippen LogP contribution in [-0.4, -0.2) is 25.0 Å². The van der Waals surface area contributed by atoms with Crippen molar-refractivity contribution in [2.75, 3.05) is 14.2 Å². The van der Waals surface area contributed by atoms with E-state index in [1.165, 1.54) is 0 Å². The van der Waals surface area contributed by atoms with Gasteiger partial charge in [0.25, 0.3) is 0 Å². The molecule has 0 saturated heterocycles. The number of benzene rings is 2. The van der Waals surface area contributed by atoms with Crippen molar-refractivity contribution < 1.29 is 9.53 Å². The van der Waals surface area contributed by atoms with Crippen molar-refractivity contribution in [3.8, 4) is 22.3 Å². The highest BCUT2D eigenvalue weighted by atomic mass is 32.1. The topological polar surface area (TPSA) is 79.3 Å². The third-order valence-corrected chi connectivity index (χ3v) is 8.69. The molecule has 2 heterocycles. The molecule has 1 aliphatic heterocycles. The van der Waals surface area contributed by atoms with Gasteiger partial charge in [0, 0.05) is 22.2 Å². The minimum absolute atomic E-state index is 0.0235. The minimum Gasteiger partial charge on any atom is -0.497 e. The number of nitrogens with zero attached hydrogens (tertiary/aromatic N) is 2. The average molecular weight is 456 g/mol. The second kappa shape index (κ2) is 7.50. The molecule has 2 N–H and O–H groups in total. The van der Waals surface area contributed by atoms with Crippen LogP contribution in [-0.2, 0) is 22.0 Å². The Balaban J connectivity index is 1.70. The first-order valence-corrected chi connectivity index (χ1v) is 11.7. The number of nitriles is 1. The molecule has 1 aromatic heterocycles. The molecule has 1 amide bonds. The van der Waals surface area contributed by atoms with Crippen LogP contribution in [0.25, 0.3) is 10.4 Å². The van der Waals surface area contributed by atoms with Gasteiger partial charge in [-0.2, -0.15) is 5.26 Å². The lowest BCUT2D eigenvalue weighted by Crippen LogP contribution is -2.59. The quantitative estimate of drug-likeness (QED) is 0.620. The van der Waals surface area contributed by atoms with Crippen LogP contribution >= 0.6 is 11.3 Å². The molecule has 6 heteroatoms. The summed E-state index contributed by atoms with van der Waals surface area (Å²) in [6.07, 6.45) is 3.56. The van der Waals surface area contributed by atoms with Gasteiger partial charge in [0.15, 0.2) is 0 Å². The van der Waals surface area contributed by atoms with E-state index >= 15 is 0 Å². The highest BCUT2D eigenvalue weighted by Crippen LogP contribution is 2.58. The predicted molar refractivity (Wildman–Crippen MR) is 130 cm³/mol. The van der Waals surface area contributed by atoms with E-state index in [0.29, 0.717) is 17.8 Å². The fourth-order valence-electron chi connectivity index (χ4n) is 5.48. The Kier molecular flexibility index (Phi) is 4.84. The number of nitrogens with two attached hydrogens (primary N) is 1. The highest BCUT2D eigenvalue weighted by molar-refractivity contribution is 7.15. The molecule has 3 aromatic rings. The van der Waals surface area contributed by atoms with Crippen LogP contribution in [0, 0.1) is 11.3 Å². The summed E-state index contributed by atoms with van der Waals surface area (Å²) in [7, 11) is 3.41. The largest absolute Gasteiger partial charge is 0.497 e. The fourth-order valence-corrected chi connectivity index (χ4v) is 6.67. The number of rotatable bonds is 3. The van der Waals surface area contributed by atoms with Gasteiger partial charge >= 0.3 is 0 Å². The third-order valence-electron chi connectivity index (χ3n) is 7.32. The van der Waals surface area contributed by atoms with Crippen molar-refractivity contribution >= 4 is 17.2 Å². The van der Waals surface area contributed by atoms with Crippen molar-refractivity contribution in [2.24, 2.45) is 5.73 Å². The summed E-state index contributed by atoms with van der Waals surface area (Å²) in [5.74, 6) is 1.29. The van der Waals surface area contributed by atoms with Crippen LogP contribution < -0.4 is 10.5 Å². The molecular weight excluding hydrogens is 430 g/mol. The normalized spacial score (nSPS) is 23.9. The van der Waals surface area contributed by atoms with Gasteiger partial charge in [-0.1, -0.05) is 18.2 Å². The Morgan fingerprint density at radius 1 is 1.18 bits per heavy atom. The van der Waals surface area contributed by atoms with E-state index in [1.54, 1.807) is 36.5 Å². The number of ether oxygens (including phenoxy) is 1. The van der Waals surface area contributed by atoms with E-state index in [0.717, 1.165) is 38.6 Å². The number of carbonyl (C=O) groups excluding carboxylic acids is 1. The first kappa shape index (κ1) is 21.3. The van der Waals surface area contributed by atoms with Gasteiger partial charge in [0.1, 0.15) is 11.6 Å². The Morgan fingerprint density at radius 3 is 2.76 bits per heavy atom. The molecule has 0 fully saturated rings. The van der Waals surface area contributed by atoms with E-state index in [-0.39, 0.29) is 5.91 Å². The molecule has 2 atom stereocenters. The number of fused-ring (bicyclic) bond motifs is 2. The standard InChI is InChI=1S/C27H25N3O2S/c1-26(23-10-9-22(33-23)19-6-4-5-17(13-19)16-28)15-24(29)30(2)25(31)27(26)12-11-18-14-20(32-3)7-8-21(18)27/h4-10,13-15H,11-12,29H2,1-3H3/t26-,27?/m1/s1. The van der Waals surface area contributed by atoms with Gasteiger partial charge in [-0.15, -0.1) is 11.3 Å². The molecule has 2 aromatic carbocycles. The number of amides is 1. The lowest BCUT2D eigenvalue weighted by atomic mass is 9.58. The fraction of sp³-hybridized carbons (Fsp3) is 0.259. The van der Waals surface area contributed by atoms with Crippen molar-refractivity contribution in [2.45, 2.75) is 30.6 Å².